The third-order valence-electron chi connectivity index (χ3n) is 6.95. The largest absolute Gasteiger partial charge is 0.337 e. The first kappa shape index (κ1) is 21.2. The van der Waals surface area contributed by atoms with Crippen molar-refractivity contribution in [1.82, 2.24) is 20.0 Å². The molecule has 0 bridgehead atoms. The van der Waals surface area contributed by atoms with Crippen molar-refractivity contribution in [3.05, 3.63) is 35.4 Å². The van der Waals surface area contributed by atoms with E-state index in [1.54, 1.807) is 0 Å². The maximum Gasteiger partial charge on any atom is 0.317 e. The molecule has 1 N–H and O–H groups in total. The molecule has 1 saturated carbocycles. The van der Waals surface area contributed by atoms with Gasteiger partial charge in [-0.1, -0.05) is 37.1 Å². The van der Waals surface area contributed by atoms with Crippen LogP contribution in [0.15, 0.2) is 24.3 Å². The molecule has 6 nitrogen and oxygen atoms in total. The van der Waals surface area contributed by atoms with Gasteiger partial charge in [0.25, 0.3) is 0 Å². The number of nitrogens with zero attached hydrogens (tertiary/aromatic N) is 3. The molecule has 1 unspecified atom stereocenters. The lowest BCUT2D eigenvalue weighted by Gasteiger charge is -2.43. The van der Waals surface area contributed by atoms with Crippen LogP contribution in [0.25, 0.3) is 0 Å². The van der Waals surface area contributed by atoms with Gasteiger partial charge in [0.1, 0.15) is 0 Å². The molecule has 1 aromatic carbocycles. The van der Waals surface area contributed by atoms with Crippen LogP contribution in [0.1, 0.15) is 50.7 Å². The zero-order chi connectivity index (χ0) is 21.1. The molecule has 4 rings (SSSR count). The zero-order valence-electron chi connectivity index (χ0n) is 18.5. The average Bonchev–Trinajstić information content (AvgIpc) is 3.28. The van der Waals surface area contributed by atoms with Crippen molar-refractivity contribution in [1.29, 1.82) is 0 Å². The topological polar surface area (TPSA) is 55.9 Å². The van der Waals surface area contributed by atoms with E-state index in [1.807, 2.05) is 18.7 Å². The van der Waals surface area contributed by atoms with Gasteiger partial charge in [0, 0.05) is 45.3 Å². The van der Waals surface area contributed by atoms with Crippen LogP contribution in [-0.4, -0.2) is 71.4 Å². The lowest BCUT2D eigenvalue weighted by molar-refractivity contribution is -0.141. The molecule has 3 aliphatic rings. The van der Waals surface area contributed by atoms with Crippen molar-refractivity contribution in [2.45, 2.75) is 64.6 Å². The minimum atomic E-state index is -0.0342. The first-order valence-corrected chi connectivity index (χ1v) is 11.7. The number of piperazine rings is 1. The maximum atomic E-state index is 13.7. The highest BCUT2D eigenvalue weighted by Crippen LogP contribution is 2.33. The molecule has 2 heterocycles. The number of carbonyl (C=O) groups excluding carboxylic acids is 2. The summed E-state index contributed by atoms with van der Waals surface area (Å²) in [5.41, 5.74) is 2.67. The van der Waals surface area contributed by atoms with E-state index >= 15 is 0 Å². The summed E-state index contributed by atoms with van der Waals surface area (Å²) >= 11 is 0. The van der Waals surface area contributed by atoms with Crippen LogP contribution in [0, 0.1) is 5.92 Å². The Labute approximate surface area is 180 Å². The van der Waals surface area contributed by atoms with Crippen LogP contribution in [0.2, 0.25) is 0 Å². The number of urea groups is 1. The fourth-order valence-electron chi connectivity index (χ4n) is 5.34. The third-order valence-corrected chi connectivity index (χ3v) is 6.95. The van der Waals surface area contributed by atoms with Gasteiger partial charge >= 0.3 is 6.03 Å². The van der Waals surface area contributed by atoms with E-state index in [1.165, 1.54) is 24.0 Å². The Hall–Kier alpha value is -2.08. The molecule has 1 aliphatic carbocycles. The van der Waals surface area contributed by atoms with Gasteiger partial charge in [-0.2, -0.15) is 0 Å². The predicted molar refractivity (Wildman–Crippen MR) is 118 cm³/mol. The number of hydrogen-bond acceptors (Lipinski definition) is 3. The van der Waals surface area contributed by atoms with Crippen molar-refractivity contribution >= 4 is 11.9 Å². The quantitative estimate of drug-likeness (QED) is 0.827. The Morgan fingerprint density at radius 1 is 0.933 bits per heavy atom. The average molecular weight is 413 g/mol. The fraction of sp³-hybridized carbons (Fsp3) is 0.667. The van der Waals surface area contributed by atoms with E-state index in [2.05, 4.69) is 39.4 Å². The van der Waals surface area contributed by atoms with Gasteiger partial charge < -0.3 is 15.1 Å². The second kappa shape index (κ2) is 9.38. The Morgan fingerprint density at radius 3 is 2.27 bits per heavy atom. The summed E-state index contributed by atoms with van der Waals surface area (Å²) in [6.07, 6.45) is 5.70. The molecule has 1 saturated heterocycles. The van der Waals surface area contributed by atoms with E-state index in [4.69, 9.17) is 0 Å². The second-order valence-electron chi connectivity index (χ2n) is 9.40. The fourth-order valence-corrected chi connectivity index (χ4v) is 5.34. The number of amides is 3. The van der Waals surface area contributed by atoms with Crippen molar-refractivity contribution in [3.63, 3.8) is 0 Å². The standard InChI is InChI=1S/C24H36N4O2/c1-18(2)25-24(30)27-15-13-26(14-16-27)22(20-8-4-5-9-20)23(29)28-12-11-19-7-3-6-10-21(19)17-28/h3,6-7,10,18,20,22H,4-5,8-9,11-17H2,1-2H3,(H,25,30). The van der Waals surface area contributed by atoms with Crippen molar-refractivity contribution < 1.29 is 9.59 Å². The van der Waals surface area contributed by atoms with Gasteiger partial charge in [0.15, 0.2) is 0 Å². The summed E-state index contributed by atoms with van der Waals surface area (Å²) in [5, 5.41) is 2.99. The summed E-state index contributed by atoms with van der Waals surface area (Å²) in [7, 11) is 0. The second-order valence-corrected chi connectivity index (χ2v) is 9.40. The SMILES string of the molecule is CC(C)NC(=O)N1CCN(C(C(=O)N2CCc3ccccc3C2)C2CCCC2)CC1. The molecular formula is C24H36N4O2. The Balaban J connectivity index is 1.44. The van der Waals surface area contributed by atoms with Gasteiger partial charge in [-0.25, -0.2) is 4.79 Å². The number of carbonyl (C=O) groups is 2. The minimum Gasteiger partial charge on any atom is -0.337 e. The van der Waals surface area contributed by atoms with Gasteiger partial charge in [-0.15, -0.1) is 0 Å². The van der Waals surface area contributed by atoms with Gasteiger partial charge in [0.2, 0.25) is 5.91 Å². The minimum absolute atomic E-state index is 0.0148. The molecule has 2 fully saturated rings. The van der Waals surface area contributed by atoms with Crippen molar-refractivity contribution in [2.75, 3.05) is 32.7 Å². The molecule has 0 aromatic heterocycles. The van der Waals surface area contributed by atoms with Crippen LogP contribution in [-0.2, 0) is 17.8 Å². The molecule has 3 amide bonds. The first-order valence-electron chi connectivity index (χ1n) is 11.7. The van der Waals surface area contributed by atoms with Crippen LogP contribution >= 0.6 is 0 Å². The molecule has 1 atom stereocenters. The lowest BCUT2D eigenvalue weighted by atomic mass is 9.92. The van der Waals surface area contributed by atoms with E-state index < -0.39 is 0 Å². The first-order chi connectivity index (χ1) is 14.5. The lowest BCUT2D eigenvalue weighted by Crippen LogP contribution is -2.60. The smallest absolute Gasteiger partial charge is 0.317 e. The normalized spacial score (nSPS) is 21.6. The number of benzene rings is 1. The zero-order valence-corrected chi connectivity index (χ0v) is 18.5. The molecule has 0 radical (unpaired) electrons. The summed E-state index contributed by atoms with van der Waals surface area (Å²) in [6, 6.07) is 8.63. The Morgan fingerprint density at radius 2 is 1.60 bits per heavy atom. The maximum absolute atomic E-state index is 13.7. The van der Waals surface area contributed by atoms with E-state index in [0.29, 0.717) is 24.9 Å². The number of rotatable bonds is 4. The highest BCUT2D eigenvalue weighted by atomic mass is 16.2. The highest BCUT2D eigenvalue weighted by molar-refractivity contribution is 5.82. The van der Waals surface area contributed by atoms with Crippen LogP contribution in [0.3, 0.4) is 0 Å². The molecule has 0 spiro atoms. The van der Waals surface area contributed by atoms with Crippen LogP contribution in [0.5, 0.6) is 0 Å². The number of nitrogens with one attached hydrogen (secondary N) is 1. The molecule has 164 valence electrons. The Bertz CT molecular complexity index is 751. The summed E-state index contributed by atoms with van der Waals surface area (Å²) in [5.74, 6) is 0.752. The van der Waals surface area contributed by atoms with Gasteiger partial charge in [-0.3, -0.25) is 9.69 Å². The molecular weight excluding hydrogens is 376 g/mol. The van der Waals surface area contributed by atoms with Gasteiger partial charge in [-0.05, 0) is 50.2 Å². The van der Waals surface area contributed by atoms with E-state index in [0.717, 1.165) is 45.4 Å². The van der Waals surface area contributed by atoms with Crippen LogP contribution < -0.4 is 5.32 Å². The summed E-state index contributed by atoms with van der Waals surface area (Å²) in [4.78, 5) is 32.5. The summed E-state index contributed by atoms with van der Waals surface area (Å²) < 4.78 is 0. The molecule has 2 aliphatic heterocycles. The third kappa shape index (κ3) is 4.64. The highest BCUT2D eigenvalue weighted by Gasteiger charge is 2.39. The predicted octanol–water partition coefficient (Wildman–Crippen LogP) is 2.87. The van der Waals surface area contributed by atoms with E-state index in [9.17, 15) is 9.59 Å². The van der Waals surface area contributed by atoms with E-state index in [-0.39, 0.29) is 18.1 Å². The van der Waals surface area contributed by atoms with Crippen molar-refractivity contribution in [3.8, 4) is 0 Å². The molecule has 1 aromatic rings. The van der Waals surface area contributed by atoms with Gasteiger partial charge in [0.05, 0.1) is 6.04 Å². The van der Waals surface area contributed by atoms with Crippen molar-refractivity contribution in [2.24, 2.45) is 5.92 Å². The number of hydrogen-bond donors (Lipinski definition) is 1. The summed E-state index contributed by atoms with van der Waals surface area (Å²) in [6.45, 7) is 8.46. The number of fused-ring (bicyclic) bond motifs is 1. The Kier molecular flexibility index (Phi) is 6.61. The van der Waals surface area contributed by atoms with Crippen LogP contribution in [0.4, 0.5) is 4.79 Å². The molecule has 30 heavy (non-hydrogen) atoms. The molecule has 6 heteroatoms. The monoisotopic (exact) mass is 412 g/mol.